The number of hydrogen-bond donors (Lipinski definition) is 1. The van der Waals surface area contributed by atoms with Crippen LogP contribution in [0.25, 0.3) is 33.1 Å². The smallest absolute Gasteiger partial charge is 0.264 e. The molecular weight excluding hydrogens is 546 g/mol. The Bertz CT molecular complexity index is 1810. The van der Waals surface area contributed by atoms with Crippen molar-refractivity contribution >= 4 is 50.9 Å². The molecule has 6 rings (SSSR count). The minimum Gasteiger partial charge on any atom is -0.360 e. The number of aryl methyl sites for hydroxylation is 2. The van der Waals surface area contributed by atoms with Crippen LogP contribution in [0.5, 0.6) is 0 Å². The van der Waals surface area contributed by atoms with Gasteiger partial charge in [0.05, 0.1) is 21.1 Å². The van der Waals surface area contributed by atoms with Gasteiger partial charge in [-0.3, -0.25) is 9.59 Å². The molecule has 11 heteroatoms. The molecular formula is C28H23Cl2FN4O4. The second kappa shape index (κ2) is 9.81. The molecule has 2 unspecified atom stereocenters. The lowest BCUT2D eigenvalue weighted by Crippen LogP contribution is -2.34. The predicted molar refractivity (Wildman–Crippen MR) is 146 cm³/mol. The highest BCUT2D eigenvalue weighted by atomic mass is 35.5. The van der Waals surface area contributed by atoms with Crippen LogP contribution in [0.2, 0.25) is 10.0 Å². The van der Waals surface area contributed by atoms with E-state index in [0.717, 1.165) is 12.8 Å². The SMILES string of the molecule is Cc1onc(-c2c(F)cccc2Cl)c1C(=O)NC1CCC(Cn2c(=O)c3c(C)onc3c3c(Cl)cccc32)C1. The highest BCUT2D eigenvalue weighted by Gasteiger charge is 2.31. The molecule has 0 bridgehead atoms. The number of carbonyl (C=O) groups excluding carboxylic acids is 1. The highest BCUT2D eigenvalue weighted by Crippen LogP contribution is 2.35. The molecule has 39 heavy (non-hydrogen) atoms. The molecule has 1 aliphatic carbocycles. The van der Waals surface area contributed by atoms with E-state index in [1.54, 1.807) is 30.5 Å². The zero-order chi connectivity index (χ0) is 27.4. The first kappa shape index (κ1) is 25.6. The molecule has 200 valence electrons. The van der Waals surface area contributed by atoms with Crippen LogP contribution >= 0.6 is 23.2 Å². The van der Waals surface area contributed by atoms with Crippen molar-refractivity contribution in [3.8, 4) is 11.3 Å². The number of rotatable bonds is 5. The van der Waals surface area contributed by atoms with E-state index in [1.165, 1.54) is 18.2 Å². The second-order valence-electron chi connectivity index (χ2n) is 9.92. The van der Waals surface area contributed by atoms with Crippen molar-refractivity contribution < 1.29 is 18.2 Å². The van der Waals surface area contributed by atoms with Gasteiger partial charge in [0.15, 0.2) is 0 Å². The van der Waals surface area contributed by atoms with Crippen molar-refractivity contribution in [2.45, 2.75) is 45.7 Å². The minimum absolute atomic E-state index is 0.0230. The Labute approximate surface area is 231 Å². The maximum atomic E-state index is 14.6. The summed E-state index contributed by atoms with van der Waals surface area (Å²) in [6.45, 7) is 3.76. The van der Waals surface area contributed by atoms with Gasteiger partial charge in [0.25, 0.3) is 11.5 Å². The van der Waals surface area contributed by atoms with Gasteiger partial charge in [0.1, 0.15) is 39.5 Å². The molecule has 8 nitrogen and oxygen atoms in total. The maximum absolute atomic E-state index is 14.6. The molecule has 1 fully saturated rings. The van der Waals surface area contributed by atoms with Gasteiger partial charge in [-0.15, -0.1) is 0 Å². The lowest BCUT2D eigenvalue weighted by atomic mass is 10.0. The molecule has 1 aliphatic rings. The third-order valence-corrected chi connectivity index (χ3v) is 8.08. The number of halogens is 3. The molecule has 2 atom stereocenters. The van der Waals surface area contributed by atoms with Gasteiger partial charge in [0, 0.05) is 18.0 Å². The van der Waals surface area contributed by atoms with Crippen molar-refractivity contribution in [3.63, 3.8) is 0 Å². The first-order valence-electron chi connectivity index (χ1n) is 12.5. The van der Waals surface area contributed by atoms with Gasteiger partial charge < -0.3 is 18.9 Å². The summed E-state index contributed by atoms with van der Waals surface area (Å²) in [5.74, 6) is -0.175. The summed E-state index contributed by atoms with van der Waals surface area (Å²) in [5.41, 5.74) is 1.20. The van der Waals surface area contributed by atoms with Gasteiger partial charge in [0.2, 0.25) is 0 Å². The lowest BCUT2D eigenvalue weighted by Gasteiger charge is -2.17. The molecule has 2 aromatic carbocycles. The number of pyridine rings is 1. The summed E-state index contributed by atoms with van der Waals surface area (Å²) in [6, 6.07) is 9.54. The van der Waals surface area contributed by atoms with Gasteiger partial charge in [-0.05, 0) is 63.3 Å². The lowest BCUT2D eigenvalue weighted by molar-refractivity contribution is 0.0936. The largest absolute Gasteiger partial charge is 0.360 e. The number of aromatic nitrogens is 3. The summed E-state index contributed by atoms with van der Waals surface area (Å²) in [4.78, 5) is 26.8. The predicted octanol–water partition coefficient (Wildman–Crippen LogP) is 6.46. The fourth-order valence-electron chi connectivity index (χ4n) is 5.61. The summed E-state index contributed by atoms with van der Waals surface area (Å²) in [7, 11) is 0. The summed E-state index contributed by atoms with van der Waals surface area (Å²) >= 11 is 12.7. The Morgan fingerprint density at radius 2 is 1.79 bits per heavy atom. The molecule has 3 aromatic heterocycles. The average molecular weight is 569 g/mol. The van der Waals surface area contributed by atoms with E-state index in [2.05, 4.69) is 15.6 Å². The zero-order valence-electron chi connectivity index (χ0n) is 21.1. The number of amides is 1. The Morgan fingerprint density at radius 1 is 1.05 bits per heavy atom. The number of fused-ring (bicyclic) bond motifs is 3. The van der Waals surface area contributed by atoms with Crippen LogP contribution in [0, 0.1) is 25.6 Å². The molecule has 0 aliphatic heterocycles. The first-order chi connectivity index (χ1) is 18.7. The van der Waals surface area contributed by atoms with Crippen molar-refractivity contribution in [2.24, 2.45) is 5.92 Å². The molecule has 5 aromatic rings. The maximum Gasteiger partial charge on any atom is 0.264 e. The third-order valence-electron chi connectivity index (χ3n) is 7.45. The monoisotopic (exact) mass is 568 g/mol. The van der Waals surface area contributed by atoms with Crippen LogP contribution in [0.4, 0.5) is 4.39 Å². The van der Waals surface area contributed by atoms with Crippen molar-refractivity contribution in [2.75, 3.05) is 0 Å². The third kappa shape index (κ3) is 4.30. The minimum atomic E-state index is -0.594. The van der Waals surface area contributed by atoms with Crippen LogP contribution < -0.4 is 10.9 Å². The fraction of sp³-hybridized carbons (Fsp3) is 0.286. The topological polar surface area (TPSA) is 103 Å². The van der Waals surface area contributed by atoms with E-state index in [-0.39, 0.29) is 45.1 Å². The average Bonchev–Trinajstić information content (AvgIpc) is 3.60. The van der Waals surface area contributed by atoms with Crippen LogP contribution in [0.3, 0.4) is 0 Å². The second-order valence-corrected chi connectivity index (χ2v) is 10.7. The Balaban J connectivity index is 1.25. The van der Waals surface area contributed by atoms with E-state index < -0.39 is 11.7 Å². The highest BCUT2D eigenvalue weighted by molar-refractivity contribution is 6.37. The number of nitrogens with one attached hydrogen (secondary N) is 1. The van der Waals surface area contributed by atoms with Crippen LogP contribution in [-0.2, 0) is 6.54 Å². The molecule has 0 radical (unpaired) electrons. The standard InChI is InChI=1S/C28H23Cl2FN4O4/c1-13-21(25(33-38-13)23-17(29)5-3-7-19(23)31)27(36)32-16-10-9-15(11-16)12-35-20-8-4-6-18(30)24(20)26-22(28(35)37)14(2)39-34-26/h3-8,15-16H,9-12H2,1-2H3,(H,32,36). The quantitative estimate of drug-likeness (QED) is 0.261. The molecule has 0 spiro atoms. The molecule has 0 saturated heterocycles. The molecule has 1 saturated carbocycles. The van der Waals surface area contributed by atoms with E-state index in [0.29, 0.717) is 45.6 Å². The molecule has 1 amide bonds. The van der Waals surface area contributed by atoms with Crippen LogP contribution in [0.15, 0.2) is 50.2 Å². The van der Waals surface area contributed by atoms with Crippen molar-refractivity contribution in [1.29, 1.82) is 0 Å². The van der Waals surface area contributed by atoms with E-state index >= 15 is 0 Å². The summed E-state index contributed by atoms with van der Waals surface area (Å²) < 4.78 is 26.9. The fourth-order valence-corrected chi connectivity index (χ4v) is 6.13. The van der Waals surface area contributed by atoms with Crippen LogP contribution in [-0.4, -0.2) is 26.8 Å². The number of nitrogens with zero attached hydrogens (tertiary/aromatic N) is 3. The Kier molecular flexibility index (Phi) is 6.43. The number of carbonyl (C=O) groups is 1. The van der Waals surface area contributed by atoms with E-state index in [9.17, 15) is 14.0 Å². The van der Waals surface area contributed by atoms with Gasteiger partial charge in [-0.25, -0.2) is 4.39 Å². The molecule has 3 heterocycles. The van der Waals surface area contributed by atoms with Gasteiger partial charge in [-0.2, -0.15) is 0 Å². The van der Waals surface area contributed by atoms with E-state index in [4.69, 9.17) is 32.2 Å². The van der Waals surface area contributed by atoms with Crippen molar-refractivity contribution in [1.82, 2.24) is 20.2 Å². The van der Waals surface area contributed by atoms with Crippen molar-refractivity contribution in [3.05, 3.63) is 79.7 Å². The Hall–Kier alpha value is -3.69. The summed E-state index contributed by atoms with van der Waals surface area (Å²) in [5, 5.41) is 12.8. The van der Waals surface area contributed by atoms with Gasteiger partial charge in [-0.1, -0.05) is 45.6 Å². The van der Waals surface area contributed by atoms with E-state index in [1.807, 2.05) is 6.07 Å². The number of hydrogen-bond acceptors (Lipinski definition) is 6. The van der Waals surface area contributed by atoms with Crippen LogP contribution in [0.1, 0.15) is 41.1 Å². The molecule has 1 N–H and O–H groups in total. The Morgan fingerprint density at radius 3 is 2.59 bits per heavy atom. The normalized spacial score (nSPS) is 17.4. The summed E-state index contributed by atoms with van der Waals surface area (Å²) in [6.07, 6.45) is 2.17. The zero-order valence-corrected chi connectivity index (χ0v) is 22.6. The number of benzene rings is 2. The first-order valence-corrected chi connectivity index (χ1v) is 13.3. The van der Waals surface area contributed by atoms with Gasteiger partial charge >= 0.3 is 0 Å².